The monoisotopic (exact) mass is 336 g/mol. The summed E-state index contributed by atoms with van der Waals surface area (Å²) in [7, 11) is 2.46. The Morgan fingerprint density at radius 3 is 2.71 bits per heavy atom. The molecule has 1 aromatic rings. The number of imide groups is 1. The fourth-order valence-electron chi connectivity index (χ4n) is 3.71. The summed E-state index contributed by atoms with van der Waals surface area (Å²) >= 11 is 0. The highest BCUT2D eigenvalue weighted by atomic mass is 19.1. The summed E-state index contributed by atoms with van der Waals surface area (Å²) in [5.41, 5.74) is -1.32. The molecule has 7 nitrogen and oxygen atoms in total. The third-order valence-electron chi connectivity index (χ3n) is 4.88. The molecular formula is C16H17FN2O5. The van der Waals surface area contributed by atoms with Crippen LogP contribution in [0.25, 0.3) is 0 Å². The van der Waals surface area contributed by atoms with Crippen LogP contribution >= 0.6 is 0 Å². The number of hydrogen-bond donors (Lipinski definition) is 2. The highest BCUT2D eigenvalue weighted by molar-refractivity contribution is 6.09. The summed E-state index contributed by atoms with van der Waals surface area (Å²) in [5.74, 6) is -4.43. The fourth-order valence-corrected chi connectivity index (χ4v) is 3.71. The molecule has 8 heteroatoms. The van der Waals surface area contributed by atoms with Gasteiger partial charge in [-0.1, -0.05) is 12.1 Å². The predicted octanol–water partition coefficient (Wildman–Crippen LogP) is -0.395. The maximum Gasteiger partial charge on any atom is 0.329 e. The topological polar surface area (TPSA) is 95.9 Å². The standard InChI is InChI=1S/C16H17FN2O5/c1-19-13(21)10-11(14(19)22)16(7-20,15(23)24-2)18-12(10)8-4-3-5-9(17)6-8/h3-6,10-12,18,20H,7H2,1-2H3. The van der Waals surface area contributed by atoms with Gasteiger partial charge < -0.3 is 9.84 Å². The van der Waals surface area contributed by atoms with E-state index in [2.05, 4.69) is 5.32 Å². The Morgan fingerprint density at radius 2 is 2.12 bits per heavy atom. The first-order valence-electron chi connectivity index (χ1n) is 7.41. The summed E-state index contributed by atoms with van der Waals surface area (Å²) in [6.07, 6.45) is 0. The molecule has 2 amide bonds. The average Bonchev–Trinajstić information content (AvgIpc) is 3.05. The number of halogens is 1. The lowest BCUT2D eigenvalue weighted by atomic mass is 9.79. The number of nitrogens with zero attached hydrogens (tertiary/aromatic N) is 1. The van der Waals surface area contributed by atoms with Crippen LogP contribution in [0.1, 0.15) is 11.6 Å². The summed E-state index contributed by atoms with van der Waals surface area (Å²) in [5, 5.41) is 12.7. The first-order valence-corrected chi connectivity index (χ1v) is 7.41. The van der Waals surface area contributed by atoms with Crippen molar-refractivity contribution in [3.8, 4) is 0 Å². The Morgan fingerprint density at radius 1 is 1.42 bits per heavy atom. The van der Waals surface area contributed by atoms with Gasteiger partial charge in [-0.3, -0.25) is 19.8 Å². The maximum absolute atomic E-state index is 13.6. The van der Waals surface area contributed by atoms with Gasteiger partial charge in [0.2, 0.25) is 11.8 Å². The van der Waals surface area contributed by atoms with E-state index in [4.69, 9.17) is 4.74 Å². The van der Waals surface area contributed by atoms with E-state index in [0.717, 1.165) is 12.0 Å². The molecule has 128 valence electrons. The molecule has 2 heterocycles. The molecular weight excluding hydrogens is 319 g/mol. The molecule has 0 aliphatic carbocycles. The Bertz CT molecular complexity index is 724. The van der Waals surface area contributed by atoms with Crippen LogP contribution in [0.15, 0.2) is 24.3 Å². The van der Waals surface area contributed by atoms with Crippen molar-refractivity contribution in [3.05, 3.63) is 35.6 Å². The number of amides is 2. The first kappa shape index (κ1) is 16.5. The highest BCUT2D eigenvalue weighted by Crippen LogP contribution is 2.48. The van der Waals surface area contributed by atoms with Crippen molar-refractivity contribution in [2.75, 3.05) is 20.8 Å². The molecule has 4 atom stereocenters. The third kappa shape index (κ3) is 2.06. The molecule has 2 aliphatic rings. The van der Waals surface area contributed by atoms with Gasteiger partial charge in [-0.05, 0) is 17.7 Å². The van der Waals surface area contributed by atoms with Crippen molar-refractivity contribution >= 4 is 17.8 Å². The summed E-state index contributed by atoms with van der Waals surface area (Å²) in [6, 6.07) is 4.76. The minimum absolute atomic E-state index is 0.417. The van der Waals surface area contributed by atoms with Crippen LogP contribution in [0.5, 0.6) is 0 Å². The third-order valence-corrected chi connectivity index (χ3v) is 4.88. The second-order valence-electron chi connectivity index (χ2n) is 6.04. The van der Waals surface area contributed by atoms with Crippen molar-refractivity contribution in [2.45, 2.75) is 11.6 Å². The number of benzene rings is 1. The van der Waals surface area contributed by atoms with Gasteiger partial charge in [0.1, 0.15) is 5.82 Å². The van der Waals surface area contributed by atoms with Gasteiger partial charge in [0, 0.05) is 13.1 Å². The van der Waals surface area contributed by atoms with E-state index in [-0.39, 0.29) is 0 Å². The van der Waals surface area contributed by atoms with Crippen molar-refractivity contribution in [2.24, 2.45) is 11.8 Å². The summed E-state index contributed by atoms with van der Waals surface area (Å²) < 4.78 is 18.3. The van der Waals surface area contributed by atoms with Crippen LogP contribution in [0, 0.1) is 17.7 Å². The lowest BCUT2D eigenvalue weighted by Gasteiger charge is -2.29. The highest BCUT2D eigenvalue weighted by Gasteiger charge is 2.68. The van der Waals surface area contributed by atoms with Gasteiger partial charge in [0.25, 0.3) is 0 Å². The Balaban J connectivity index is 2.14. The first-order chi connectivity index (χ1) is 11.4. The minimum Gasteiger partial charge on any atom is -0.468 e. The van der Waals surface area contributed by atoms with Gasteiger partial charge in [0.15, 0.2) is 5.54 Å². The molecule has 2 N–H and O–H groups in total. The number of nitrogens with one attached hydrogen (secondary N) is 1. The number of aliphatic hydroxyl groups excluding tert-OH is 1. The predicted molar refractivity (Wildman–Crippen MR) is 78.9 cm³/mol. The van der Waals surface area contributed by atoms with Crippen LogP contribution in [0.2, 0.25) is 0 Å². The molecule has 0 radical (unpaired) electrons. The van der Waals surface area contributed by atoms with Crippen molar-refractivity contribution in [1.82, 2.24) is 10.2 Å². The number of likely N-dealkylation sites (tertiary alicyclic amines) is 1. The number of ether oxygens (including phenoxy) is 1. The van der Waals surface area contributed by atoms with Crippen LogP contribution in [0.4, 0.5) is 4.39 Å². The van der Waals surface area contributed by atoms with Gasteiger partial charge in [-0.25, -0.2) is 9.18 Å². The second-order valence-corrected chi connectivity index (χ2v) is 6.04. The molecule has 0 spiro atoms. The lowest BCUT2D eigenvalue weighted by Crippen LogP contribution is -2.58. The van der Waals surface area contributed by atoms with Crippen LogP contribution in [0.3, 0.4) is 0 Å². The van der Waals surface area contributed by atoms with Gasteiger partial charge in [-0.2, -0.15) is 0 Å². The normalized spacial score (nSPS) is 32.2. The Labute approximate surface area is 137 Å². The van der Waals surface area contributed by atoms with Crippen LogP contribution in [-0.4, -0.2) is 54.1 Å². The number of methoxy groups -OCH3 is 1. The Kier molecular flexibility index (Phi) is 3.89. The van der Waals surface area contributed by atoms with E-state index < -0.39 is 53.6 Å². The van der Waals surface area contributed by atoms with E-state index in [9.17, 15) is 23.9 Å². The number of hydrogen-bond acceptors (Lipinski definition) is 6. The van der Waals surface area contributed by atoms with Gasteiger partial charge >= 0.3 is 5.97 Å². The molecule has 24 heavy (non-hydrogen) atoms. The van der Waals surface area contributed by atoms with E-state index >= 15 is 0 Å². The SMILES string of the molecule is COC(=O)C1(CO)NC(c2cccc(F)c2)C2C(=O)N(C)C(=O)C21. The molecule has 1 aromatic carbocycles. The van der Waals surface area contributed by atoms with Crippen molar-refractivity contribution < 1.29 is 28.6 Å². The fraction of sp³-hybridized carbons (Fsp3) is 0.438. The van der Waals surface area contributed by atoms with E-state index in [0.29, 0.717) is 5.56 Å². The smallest absolute Gasteiger partial charge is 0.329 e. The van der Waals surface area contributed by atoms with E-state index in [1.165, 1.54) is 25.2 Å². The Hall–Kier alpha value is -2.32. The van der Waals surface area contributed by atoms with Crippen LogP contribution < -0.4 is 5.32 Å². The summed E-state index contributed by atoms with van der Waals surface area (Å²) in [6.45, 7) is -0.723. The number of rotatable bonds is 3. The quantitative estimate of drug-likeness (QED) is 0.576. The molecule has 4 unspecified atom stereocenters. The number of fused-ring (bicyclic) bond motifs is 1. The van der Waals surface area contributed by atoms with Gasteiger partial charge in [-0.15, -0.1) is 0 Å². The van der Waals surface area contributed by atoms with E-state index in [1.807, 2.05) is 0 Å². The zero-order valence-corrected chi connectivity index (χ0v) is 13.2. The van der Waals surface area contributed by atoms with Crippen LogP contribution in [-0.2, 0) is 19.1 Å². The number of aliphatic hydroxyl groups is 1. The number of carbonyl (C=O) groups excluding carboxylic acids is 3. The van der Waals surface area contributed by atoms with Gasteiger partial charge in [0.05, 0.1) is 25.6 Å². The average molecular weight is 336 g/mol. The molecule has 2 aliphatic heterocycles. The maximum atomic E-state index is 13.6. The molecule has 3 rings (SSSR count). The zero-order valence-electron chi connectivity index (χ0n) is 13.2. The molecule has 0 aromatic heterocycles. The largest absolute Gasteiger partial charge is 0.468 e. The lowest BCUT2D eigenvalue weighted by molar-refractivity contribution is -0.156. The van der Waals surface area contributed by atoms with Crippen molar-refractivity contribution in [3.63, 3.8) is 0 Å². The number of esters is 1. The second kappa shape index (κ2) is 5.64. The minimum atomic E-state index is -1.74. The molecule has 0 bridgehead atoms. The zero-order chi connectivity index (χ0) is 17.6. The summed E-state index contributed by atoms with van der Waals surface area (Å²) in [4.78, 5) is 38.3. The molecule has 2 fully saturated rings. The molecule has 2 saturated heterocycles. The van der Waals surface area contributed by atoms with Crippen molar-refractivity contribution in [1.29, 1.82) is 0 Å². The number of carbonyl (C=O) groups is 3. The molecule has 0 saturated carbocycles. The van der Waals surface area contributed by atoms with E-state index in [1.54, 1.807) is 6.07 Å².